The highest BCUT2D eigenvalue weighted by molar-refractivity contribution is 7.16. The molecule has 0 fully saturated rings. The summed E-state index contributed by atoms with van der Waals surface area (Å²) in [5.74, 6) is -0.705. The number of aromatic nitrogens is 1. The molecule has 0 aliphatic rings. The van der Waals surface area contributed by atoms with E-state index in [2.05, 4.69) is 15.2 Å². The van der Waals surface area contributed by atoms with Crippen LogP contribution in [-0.4, -0.2) is 31.7 Å². The second-order valence-electron chi connectivity index (χ2n) is 5.15. The van der Waals surface area contributed by atoms with E-state index in [1.54, 1.807) is 13.0 Å². The number of azo groups is 1. The molecule has 1 aromatic carbocycles. The van der Waals surface area contributed by atoms with E-state index in [1.165, 1.54) is 6.08 Å². The number of nitriles is 1. The van der Waals surface area contributed by atoms with Crippen molar-refractivity contribution in [2.75, 3.05) is 25.6 Å². The normalized spacial score (nSPS) is 11.4. The lowest BCUT2D eigenvalue weighted by Crippen LogP contribution is -2.07. The van der Waals surface area contributed by atoms with Crippen LogP contribution in [0.1, 0.15) is 11.8 Å². The Morgan fingerprint density at radius 1 is 1.38 bits per heavy atom. The van der Waals surface area contributed by atoms with E-state index in [-0.39, 0.29) is 17.3 Å². The fraction of sp³-hybridized carbons (Fsp3) is 0.235. The minimum atomic E-state index is -0.705. The lowest BCUT2D eigenvalue weighted by Gasteiger charge is -2.11. The first-order valence-corrected chi connectivity index (χ1v) is 8.78. The highest BCUT2D eigenvalue weighted by atomic mass is 35.5. The number of anilines is 1. The van der Waals surface area contributed by atoms with Crippen molar-refractivity contribution in [1.82, 2.24) is 4.98 Å². The molecule has 0 saturated carbocycles. The van der Waals surface area contributed by atoms with Crippen LogP contribution in [0, 0.1) is 11.3 Å². The van der Waals surface area contributed by atoms with Gasteiger partial charge in [0.15, 0.2) is 0 Å². The Balaban J connectivity index is 2.19. The number of carbonyl (C=O) groups excluding carboxylic acids is 1. The minimum Gasteiger partial charge on any atom is -0.462 e. The summed E-state index contributed by atoms with van der Waals surface area (Å²) in [6, 6.07) is 9.32. The van der Waals surface area contributed by atoms with Crippen LogP contribution in [0.4, 0.5) is 16.5 Å². The van der Waals surface area contributed by atoms with Crippen LogP contribution in [0.25, 0.3) is 6.08 Å². The maximum atomic E-state index is 11.7. The van der Waals surface area contributed by atoms with Gasteiger partial charge < -0.3 is 9.64 Å². The van der Waals surface area contributed by atoms with Crippen molar-refractivity contribution in [2.45, 2.75) is 6.92 Å². The van der Waals surface area contributed by atoms with E-state index in [1.807, 2.05) is 43.3 Å². The standard InChI is InChI=1S/C17H16ClN5O2S/c1-4-25-16(24)11(10-19)9-14-15(18)20-17(26-14)22-21-12-5-7-13(8-6-12)23(2)3/h5-9H,4H2,1-3H3/b11-9+,22-21?. The van der Waals surface area contributed by atoms with Gasteiger partial charge in [-0.1, -0.05) is 22.9 Å². The Labute approximate surface area is 160 Å². The molecule has 0 saturated heterocycles. The third kappa shape index (κ3) is 5.12. The zero-order chi connectivity index (χ0) is 19.1. The van der Waals surface area contributed by atoms with Crippen LogP contribution < -0.4 is 4.90 Å². The first-order chi connectivity index (χ1) is 12.4. The van der Waals surface area contributed by atoms with Crippen LogP contribution in [0.15, 0.2) is 40.1 Å². The number of thiazole rings is 1. The Bertz CT molecular complexity index is 882. The van der Waals surface area contributed by atoms with Gasteiger partial charge in [-0.05, 0) is 37.3 Å². The maximum Gasteiger partial charge on any atom is 0.348 e. The summed E-state index contributed by atoms with van der Waals surface area (Å²) < 4.78 is 4.81. The maximum absolute atomic E-state index is 11.7. The predicted octanol–water partition coefficient (Wildman–Crippen LogP) is 4.75. The largest absolute Gasteiger partial charge is 0.462 e. The van der Waals surface area contributed by atoms with Gasteiger partial charge in [-0.2, -0.15) is 5.26 Å². The molecular weight excluding hydrogens is 374 g/mol. The summed E-state index contributed by atoms with van der Waals surface area (Å²) in [5, 5.41) is 17.7. The summed E-state index contributed by atoms with van der Waals surface area (Å²) in [7, 11) is 3.91. The van der Waals surface area contributed by atoms with Gasteiger partial charge in [-0.25, -0.2) is 9.78 Å². The van der Waals surface area contributed by atoms with E-state index in [9.17, 15) is 4.79 Å². The lowest BCUT2D eigenvalue weighted by molar-refractivity contribution is -0.137. The van der Waals surface area contributed by atoms with Gasteiger partial charge in [0.05, 0.1) is 17.2 Å². The van der Waals surface area contributed by atoms with Crippen LogP contribution in [0.3, 0.4) is 0 Å². The summed E-state index contributed by atoms with van der Waals surface area (Å²) in [4.78, 5) is 18.2. The van der Waals surface area contributed by atoms with Gasteiger partial charge in [0, 0.05) is 19.8 Å². The number of rotatable bonds is 6. The second kappa shape index (κ2) is 9.08. The smallest absolute Gasteiger partial charge is 0.348 e. The quantitative estimate of drug-likeness (QED) is 0.308. The molecule has 0 aliphatic carbocycles. The monoisotopic (exact) mass is 389 g/mol. The zero-order valence-corrected chi connectivity index (χ0v) is 16.0. The molecule has 0 amide bonds. The molecule has 0 radical (unpaired) electrons. The van der Waals surface area contributed by atoms with E-state index in [0.29, 0.717) is 15.7 Å². The molecule has 26 heavy (non-hydrogen) atoms. The van der Waals surface area contributed by atoms with Crippen molar-refractivity contribution in [3.8, 4) is 6.07 Å². The molecular formula is C17H16ClN5O2S. The first kappa shape index (κ1) is 19.6. The molecule has 2 aromatic rings. The molecule has 7 nitrogen and oxygen atoms in total. The first-order valence-electron chi connectivity index (χ1n) is 7.59. The zero-order valence-electron chi connectivity index (χ0n) is 14.4. The van der Waals surface area contributed by atoms with Gasteiger partial charge in [0.1, 0.15) is 16.8 Å². The van der Waals surface area contributed by atoms with Crippen molar-refractivity contribution < 1.29 is 9.53 Å². The molecule has 0 bridgehead atoms. The van der Waals surface area contributed by atoms with Crippen molar-refractivity contribution in [1.29, 1.82) is 5.26 Å². The molecule has 134 valence electrons. The number of ether oxygens (including phenoxy) is 1. The van der Waals surface area contributed by atoms with Gasteiger partial charge >= 0.3 is 5.97 Å². The molecule has 1 aromatic heterocycles. The third-order valence-electron chi connectivity index (χ3n) is 3.11. The molecule has 0 unspecified atom stereocenters. The van der Waals surface area contributed by atoms with Crippen molar-refractivity contribution >= 4 is 51.5 Å². The molecule has 0 N–H and O–H groups in total. The average molecular weight is 390 g/mol. The second-order valence-corrected chi connectivity index (χ2v) is 6.52. The van der Waals surface area contributed by atoms with E-state index >= 15 is 0 Å². The lowest BCUT2D eigenvalue weighted by atomic mass is 10.2. The van der Waals surface area contributed by atoms with Gasteiger partial charge in [0.2, 0.25) is 5.13 Å². The number of hydrogen-bond donors (Lipinski definition) is 0. The summed E-state index contributed by atoms with van der Waals surface area (Å²) >= 11 is 7.17. The molecule has 0 atom stereocenters. The van der Waals surface area contributed by atoms with Crippen LogP contribution in [-0.2, 0) is 9.53 Å². The molecule has 2 rings (SSSR count). The van der Waals surface area contributed by atoms with E-state index < -0.39 is 5.97 Å². The Kier molecular flexibility index (Phi) is 6.83. The Morgan fingerprint density at radius 2 is 2.08 bits per heavy atom. The highest BCUT2D eigenvalue weighted by Gasteiger charge is 2.14. The molecule has 1 heterocycles. The summed E-state index contributed by atoms with van der Waals surface area (Å²) in [6.07, 6.45) is 1.34. The highest BCUT2D eigenvalue weighted by Crippen LogP contribution is 2.32. The molecule has 0 aliphatic heterocycles. The topological polar surface area (TPSA) is 90.9 Å². The number of carbonyl (C=O) groups is 1. The number of halogens is 1. The van der Waals surface area contributed by atoms with Crippen LogP contribution in [0.2, 0.25) is 5.15 Å². The Hall–Kier alpha value is -2.76. The average Bonchev–Trinajstić information content (AvgIpc) is 2.98. The number of esters is 1. The Morgan fingerprint density at radius 3 is 2.65 bits per heavy atom. The van der Waals surface area contributed by atoms with Gasteiger partial charge in [-0.3, -0.25) is 0 Å². The fourth-order valence-corrected chi connectivity index (χ4v) is 2.85. The third-order valence-corrected chi connectivity index (χ3v) is 4.39. The van der Waals surface area contributed by atoms with Crippen LogP contribution in [0.5, 0.6) is 0 Å². The van der Waals surface area contributed by atoms with Crippen molar-refractivity contribution in [3.63, 3.8) is 0 Å². The molecule has 0 spiro atoms. The number of nitrogens with zero attached hydrogens (tertiary/aromatic N) is 5. The van der Waals surface area contributed by atoms with E-state index in [4.69, 9.17) is 21.6 Å². The summed E-state index contributed by atoms with van der Waals surface area (Å²) in [5.41, 5.74) is 1.57. The SMILES string of the molecule is CCOC(=O)/C(C#N)=C/c1sc(N=Nc2ccc(N(C)C)cc2)nc1Cl. The predicted molar refractivity (Wildman–Crippen MR) is 102 cm³/mol. The van der Waals surface area contributed by atoms with Gasteiger partial charge in [-0.15, -0.1) is 10.2 Å². The van der Waals surface area contributed by atoms with Crippen LogP contribution >= 0.6 is 22.9 Å². The fourth-order valence-electron chi connectivity index (χ4n) is 1.83. The number of benzene rings is 1. The van der Waals surface area contributed by atoms with E-state index in [0.717, 1.165) is 17.0 Å². The van der Waals surface area contributed by atoms with Crippen molar-refractivity contribution in [2.24, 2.45) is 10.2 Å². The number of hydrogen-bond acceptors (Lipinski definition) is 8. The summed E-state index contributed by atoms with van der Waals surface area (Å²) in [6.45, 7) is 1.84. The minimum absolute atomic E-state index is 0.143. The van der Waals surface area contributed by atoms with Crippen molar-refractivity contribution in [3.05, 3.63) is 39.9 Å². The van der Waals surface area contributed by atoms with Gasteiger partial charge in [0.25, 0.3) is 0 Å². The molecule has 9 heteroatoms.